The second kappa shape index (κ2) is 9.94. The van der Waals surface area contributed by atoms with Gasteiger partial charge in [0, 0.05) is 36.5 Å². The molecule has 0 radical (unpaired) electrons. The van der Waals surface area contributed by atoms with Crippen LogP contribution < -0.4 is 0 Å². The average Bonchev–Trinajstić information content (AvgIpc) is 2.79. The molecule has 2 fully saturated rings. The largest absolute Gasteiger partial charge is 0.385 e. The molecule has 34 heavy (non-hydrogen) atoms. The van der Waals surface area contributed by atoms with E-state index in [0.29, 0.717) is 50.7 Å². The van der Waals surface area contributed by atoms with Gasteiger partial charge in [-0.05, 0) is 48.7 Å². The van der Waals surface area contributed by atoms with Gasteiger partial charge in [0.2, 0.25) is 5.91 Å². The highest BCUT2D eigenvalue weighted by atomic mass is 35.5. The lowest BCUT2D eigenvalue weighted by Crippen LogP contribution is -2.58. The summed E-state index contributed by atoms with van der Waals surface area (Å²) in [6.45, 7) is 8.66. The third kappa shape index (κ3) is 5.30. The van der Waals surface area contributed by atoms with Crippen LogP contribution in [0.4, 0.5) is 4.39 Å². The number of ether oxygens (including phenoxy) is 1. The van der Waals surface area contributed by atoms with Gasteiger partial charge in [-0.1, -0.05) is 49.7 Å². The number of carbonyl (C=O) groups is 1. The number of rotatable bonds is 5. The molecule has 2 aliphatic heterocycles. The molecule has 5 nitrogen and oxygen atoms in total. The summed E-state index contributed by atoms with van der Waals surface area (Å²) in [6.07, 6.45) is 1.07. The van der Waals surface area contributed by atoms with E-state index in [2.05, 4.69) is 4.90 Å². The van der Waals surface area contributed by atoms with Crippen LogP contribution in [0.3, 0.4) is 0 Å². The Bertz CT molecular complexity index is 998. The second-order valence-electron chi connectivity index (χ2n) is 10.4. The molecule has 3 unspecified atom stereocenters. The Morgan fingerprint density at radius 3 is 2.50 bits per heavy atom. The van der Waals surface area contributed by atoms with E-state index in [1.165, 1.54) is 12.1 Å². The molecule has 184 valence electrons. The molecule has 0 saturated carbocycles. The van der Waals surface area contributed by atoms with Crippen molar-refractivity contribution in [3.05, 3.63) is 70.5 Å². The van der Waals surface area contributed by atoms with E-state index < -0.39 is 11.0 Å². The number of amides is 1. The molecule has 2 saturated heterocycles. The molecule has 2 aromatic carbocycles. The fourth-order valence-corrected chi connectivity index (χ4v) is 5.40. The van der Waals surface area contributed by atoms with Crippen LogP contribution in [0.25, 0.3) is 0 Å². The molecule has 7 heteroatoms. The van der Waals surface area contributed by atoms with E-state index in [4.69, 9.17) is 16.3 Å². The monoisotopic (exact) mass is 488 g/mol. The van der Waals surface area contributed by atoms with Gasteiger partial charge < -0.3 is 14.7 Å². The number of nitrogens with zero attached hydrogens (tertiary/aromatic N) is 2. The maximum absolute atomic E-state index is 13.3. The highest BCUT2D eigenvalue weighted by Crippen LogP contribution is 2.46. The van der Waals surface area contributed by atoms with Crippen LogP contribution in [0, 0.1) is 11.2 Å². The standard InChI is InChI=1S/C27H34ClFN2O3/c1-19-17-34-24(14-20-4-10-23(29)11-5-20)15-31(19)25(32)16-30-13-12-27(33,26(2,3)18-30)21-6-8-22(28)9-7-21/h4-11,19,24,33H,12-18H2,1-3H3. The van der Waals surface area contributed by atoms with Crippen molar-refractivity contribution in [2.75, 3.05) is 32.8 Å². The number of piperidine rings is 1. The predicted octanol–water partition coefficient (Wildman–Crippen LogP) is 4.26. The molecule has 1 N–H and O–H groups in total. The molecule has 2 aliphatic rings. The van der Waals surface area contributed by atoms with Crippen LogP contribution >= 0.6 is 11.6 Å². The minimum absolute atomic E-state index is 0.000711. The van der Waals surface area contributed by atoms with Crippen molar-refractivity contribution >= 4 is 17.5 Å². The molecule has 0 bridgehead atoms. The van der Waals surface area contributed by atoms with Gasteiger partial charge in [-0.2, -0.15) is 0 Å². The molecule has 0 spiro atoms. The van der Waals surface area contributed by atoms with E-state index >= 15 is 0 Å². The number of aliphatic hydroxyl groups is 1. The smallest absolute Gasteiger partial charge is 0.237 e. The van der Waals surface area contributed by atoms with E-state index in [-0.39, 0.29) is 23.9 Å². The summed E-state index contributed by atoms with van der Waals surface area (Å²) >= 11 is 6.04. The highest BCUT2D eigenvalue weighted by molar-refractivity contribution is 6.30. The number of carbonyl (C=O) groups excluding carboxylic acids is 1. The first-order valence-corrected chi connectivity index (χ1v) is 12.3. The number of hydrogen-bond acceptors (Lipinski definition) is 4. The Morgan fingerprint density at radius 1 is 1.18 bits per heavy atom. The van der Waals surface area contributed by atoms with Gasteiger partial charge >= 0.3 is 0 Å². The topological polar surface area (TPSA) is 53.0 Å². The van der Waals surface area contributed by atoms with Crippen LogP contribution in [0.1, 0.15) is 38.3 Å². The zero-order valence-electron chi connectivity index (χ0n) is 20.1. The van der Waals surface area contributed by atoms with Crippen LogP contribution in [0.2, 0.25) is 5.02 Å². The second-order valence-corrected chi connectivity index (χ2v) is 10.8. The molecule has 2 heterocycles. The number of morpholine rings is 1. The summed E-state index contributed by atoms with van der Waals surface area (Å²) in [6, 6.07) is 13.8. The molecule has 0 aliphatic carbocycles. The summed E-state index contributed by atoms with van der Waals surface area (Å²) in [7, 11) is 0. The van der Waals surface area contributed by atoms with Gasteiger partial charge in [0.05, 0.1) is 30.9 Å². The van der Waals surface area contributed by atoms with Gasteiger partial charge in [-0.15, -0.1) is 0 Å². The first-order chi connectivity index (χ1) is 16.1. The highest BCUT2D eigenvalue weighted by Gasteiger charge is 2.49. The molecule has 2 aromatic rings. The number of hydrogen-bond donors (Lipinski definition) is 1. The maximum atomic E-state index is 13.3. The van der Waals surface area contributed by atoms with Gasteiger partial charge in [-0.25, -0.2) is 4.39 Å². The minimum Gasteiger partial charge on any atom is -0.385 e. The Morgan fingerprint density at radius 2 is 1.85 bits per heavy atom. The Kier molecular flexibility index (Phi) is 7.34. The predicted molar refractivity (Wildman–Crippen MR) is 131 cm³/mol. The van der Waals surface area contributed by atoms with Crippen molar-refractivity contribution in [3.63, 3.8) is 0 Å². The first-order valence-electron chi connectivity index (χ1n) is 11.9. The average molecular weight is 489 g/mol. The van der Waals surface area contributed by atoms with Gasteiger partial charge in [0.15, 0.2) is 0 Å². The fourth-order valence-electron chi connectivity index (χ4n) is 5.28. The summed E-state index contributed by atoms with van der Waals surface area (Å²) in [4.78, 5) is 17.4. The summed E-state index contributed by atoms with van der Waals surface area (Å²) < 4.78 is 19.2. The Balaban J connectivity index is 1.38. The molecule has 0 aromatic heterocycles. The minimum atomic E-state index is -0.982. The van der Waals surface area contributed by atoms with Crippen molar-refractivity contribution in [2.24, 2.45) is 5.41 Å². The van der Waals surface area contributed by atoms with E-state index in [1.807, 2.05) is 49.9 Å². The van der Waals surface area contributed by atoms with Crippen LogP contribution in [-0.4, -0.2) is 65.7 Å². The zero-order valence-corrected chi connectivity index (χ0v) is 20.9. The SMILES string of the molecule is CC1COC(Cc2ccc(F)cc2)CN1C(=O)CN1CCC(O)(c2ccc(Cl)cc2)C(C)(C)C1. The lowest BCUT2D eigenvalue weighted by molar-refractivity contribution is -0.152. The van der Waals surface area contributed by atoms with Crippen molar-refractivity contribution in [1.82, 2.24) is 9.80 Å². The normalized spacial score (nSPS) is 27.5. The molecular formula is C27H34ClFN2O3. The van der Waals surface area contributed by atoms with Crippen LogP contribution in [0.15, 0.2) is 48.5 Å². The first kappa shape index (κ1) is 25.1. The third-order valence-electron chi connectivity index (χ3n) is 7.41. The van der Waals surface area contributed by atoms with Gasteiger partial charge in [0.25, 0.3) is 0 Å². The van der Waals surface area contributed by atoms with Crippen molar-refractivity contribution < 1.29 is 19.0 Å². The quantitative estimate of drug-likeness (QED) is 0.683. The van der Waals surface area contributed by atoms with Crippen molar-refractivity contribution in [2.45, 2.75) is 51.4 Å². The van der Waals surface area contributed by atoms with E-state index in [0.717, 1.165) is 11.1 Å². The van der Waals surface area contributed by atoms with Gasteiger partial charge in [-0.3, -0.25) is 9.69 Å². The van der Waals surface area contributed by atoms with Gasteiger partial charge in [0.1, 0.15) is 5.82 Å². The number of halogens is 2. The third-order valence-corrected chi connectivity index (χ3v) is 7.66. The molecule has 3 atom stereocenters. The lowest BCUT2D eigenvalue weighted by Gasteiger charge is -2.51. The summed E-state index contributed by atoms with van der Waals surface area (Å²) in [5.41, 5.74) is 0.427. The zero-order chi connectivity index (χ0) is 24.5. The number of benzene rings is 2. The van der Waals surface area contributed by atoms with E-state index in [9.17, 15) is 14.3 Å². The molecule has 4 rings (SSSR count). The fraction of sp³-hybridized carbons (Fsp3) is 0.519. The maximum Gasteiger partial charge on any atom is 0.237 e. The summed E-state index contributed by atoms with van der Waals surface area (Å²) in [5, 5.41) is 12.2. The number of likely N-dealkylation sites (tertiary alicyclic amines) is 1. The summed E-state index contributed by atoms with van der Waals surface area (Å²) in [5.74, 6) is -0.182. The Labute approximate surface area is 206 Å². The molecular weight excluding hydrogens is 455 g/mol. The van der Waals surface area contributed by atoms with Crippen LogP contribution in [-0.2, 0) is 21.6 Å². The Hall–Kier alpha value is -1.99. The van der Waals surface area contributed by atoms with Crippen LogP contribution in [0.5, 0.6) is 0 Å². The lowest BCUT2D eigenvalue weighted by atomic mass is 9.66. The van der Waals surface area contributed by atoms with Crippen molar-refractivity contribution in [3.8, 4) is 0 Å². The molecule has 1 amide bonds. The van der Waals surface area contributed by atoms with Crippen molar-refractivity contribution in [1.29, 1.82) is 0 Å². The van der Waals surface area contributed by atoms with E-state index in [1.54, 1.807) is 12.1 Å².